The third kappa shape index (κ3) is 4.06. The quantitative estimate of drug-likeness (QED) is 0.463. The van der Waals surface area contributed by atoms with E-state index in [0.29, 0.717) is 17.8 Å². The summed E-state index contributed by atoms with van der Waals surface area (Å²) in [7, 11) is 0. The van der Waals surface area contributed by atoms with Crippen LogP contribution in [0.2, 0.25) is 0 Å². The van der Waals surface area contributed by atoms with E-state index >= 15 is 0 Å². The van der Waals surface area contributed by atoms with Crippen molar-refractivity contribution in [3.05, 3.63) is 70.5 Å². The average Bonchev–Trinajstić information content (AvgIpc) is 3.14. The van der Waals surface area contributed by atoms with Gasteiger partial charge in [0.25, 0.3) is 5.69 Å². The average molecular weight is 380 g/mol. The fraction of sp³-hybridized carbons (Fsp3) is 0.250. The molecule has 0 radical (unpaired) electrons. The van der Waals surface area contributed by atoms with Gasteiger partial charge in [-0.3, -0.25) is 14.9 Å². The van der Waals surface area contributed by atoms with Crippen LogP contribution in [0.5, 0.6) is 0 Å². The fourth-order valence-electron chi connectivity index (χ4n) is 2.92. The highest BCUT2D eigenvalue weighted by Gasteiger charge is 2.26. The summed E-state index contributed by atoms with van der Waals surface area (Å²) in [5, 5.41) is 25.0. The van der Waals surface area contributed by atoms with Gasteiger partial charge in [-0.05, 0) is 30.7 Å². The lowest BCUT2D eigenvalue weighted by Gasteiger charge is -2.07. The molecule has 2 aromatic carbocycles. The Morgan fingerprint density at radius 2 is 1.86 bits per heavy atom. The second kappa shape index (κ2) is 8.43. The van der Waals surface area contributed by atoms with E-state index in [9.17, 15) is 20.0 Å². The van der Waals surface area contributed by atoms with Crippen LogP contribution in [0.15, 0.2) is 54.6 Å². The van der Waals surface area contributed by atoms with E-state index in [1.54, 1.807) is 16.8 Å². The molecule has 1 unspecified atom stereocenters. The molecule has 8 heteroatoms. The molecule has 3 aromatic rings. The standard InChI is InChI=1S/C20H20N4O4/c1-2-3-9-17(20(25)26)18-21-19(14-10-12-16(13-11-14)24(27)28)23(22-18)15-7-5-4-6-8-15/h4-8,10-13,17H,2-3,9H2,1H3,(H,25,26). The van der Waals surface area contributed by atoms with Crippen molar-refractivity contribution >= 4 is 11.7 Å². The number of carbonyl (C=O) groups is 1. The number of aliphatic carboxylic acids is 1. The number of nitrogens with zero attached hydrogens (tertiary/aromatic N) is 4. The fourth-order valence-corrected chi connectivity index (χ4v) is 2.92. The SMILES string of the molecule is CCCCC(C(=O)O)c1nc(-c2ccc([N+](=O)[O-])cc2)n(-c2ccccc2)n1. The van der Waals surface area contributed by atoms with Gasteiger partial charge in [-0.1, -0.05) is 38.0 Å². The van der Waals surface area contributed by atoms with Crippen molar-refractivity contribution in [1.82, 2.24) is 14.8 Å². The summed E-state index contributed by atoms with van der Waals surface area (Å²) in [6.45, 7) is 2.00. The second-order valence-electron chi connectivity index (χ2n) is 6.38. The lowest BCUT2D eigenvalue weighted by molar-refractivity contribution is -0.384. The molecule has 8 nitrogen and oxygen atoms in total. The molecule has 0 aliphatic rings. The topological polar surface area (TPSA) is 111 Å². The van der Waals surface area contributed by atoms with Crippen LogP contribution < -0.4 is 0 Å². The molecule has 1 heterocycles. The Kier molecular flexibility index (Phi) is 5.78. The Hall–Kier alpha value is -3.55. The molecule has 144 valence electrons. The number of unbranched alkanes of at least 4 members (excludes halogenated alkanes) is 1. The first-order valence-electron chi connectivity index (χ1n) is 9.01. The van der Waals surface area contributed by atoms with Gasteiger partial charge < -0.3 is 5.11 Å². The van der Waals surface area contributed by atoms with Gasteiger partial charge in [-0.15, -0.1) is 5.10 Å². The molecule has 0 saturated carbocycles. The molecule has 28 heavy (non-hydrogen) atoms. The van der Waals surface area contributed by atoms with Gasteiger partial charge in [0.05, 0.1) is 10.6 Å². The van der Waals surface area contributed by atoms with Crippen LogP contribution in [0.1, 0.15) is 37.9 Å². The highest BCUT2D eigenvalue weighted by atomic mass is 16.6. The second-order valence-corrected chi connectivity index (χ2v) is 6.38. The summed E-state index contributed by atoms with van der Waals surface area (Å²) >= 11 is 0. The van der Waals surface area contributed by atoms with E-state index < -0.39 is 16.8 Å². The highest BCUT2D eigenvalue weighted by molar-refractivity contribution is 5.75. The third-order valence-electron chi connectivity index (χ3n) is 4.42. The number of benzene rings is 2. The van der Waals surface area contributed by atoms with Crippen molar-refractivity contribution in [2.75, 3.05) is 0 Å². The highest BCUT2D eigenvalue weighted by Crippen LogP contribution is 2.27. The minimum Gasteiger partial charge on any atom is -0.481 e. The monoisotopic (exact) mass is 380 g/mol. The number of carboxylic acid groups (broad SMARTS) is 1. The maximum Gasteiger partial charge on any atom is 0.314 e. The zero-order valence-corrected chi connectivity index (χ0v) is 15.4. The summed E-state index contributed by atoms with van der Waals surface area (Å²) in [6.07, 6.45) is 2.08. The Morgan fingerprint density at radius 3 is 2.43 bits per heavy atom. The molecule has 3 rings (SSSR count). The van der Waals surface area contributed by atoms with Crippen molar-refractivity contribution in [2.24, 2.45) is 0 Å². The summed E-state index contributed by atoms with van der Waals surface area (Å²) in [4.78, 5) is 26.7. The van der Waals surface area contributed by atoms with E-state index in [2.05, 4.69) is 10.1 Å². The van der Waals surface area contributed by atoms with Gasteiger partial charge >= 0.3 is 5.97 Å². The molecule has 0 amide bonds. The molecule has 0 aliphatic carbocycles. The molecular formula is C20H20N4O4. The van der Waals surface area contributed by atoms with Gasteiger partial charge in [-0.25, -0.2) is 9.67 Å². The molecule has 1 atom stereocenters. The van der Waals surface area contributed by atoms with Gasteiger partial charge in [0.15, 0.2) is 11.6 Å². The van der Waals surface area contributed by atoms with Crippen LogP contribution >= 0.6 is 0 Å². The Balaban J connectivity index is 2.10. The number of hydrogen-bond donors (Lipinski definition) is 1. The van der Waals surface area contributed by atoms with E-state index in [1.165, 1.54) is 12.1 Å². The summed E-state index contributed by atoms with van der Waals surface area (Å²) in [5.41, 5.74) is 1.32. The van der Waals surface area contributed by atoms with Gasteiger partial charge in [0.1, 0.15) is 5.92 Å². The van der Waals surface area contributed by atoms with Crippen molar-refractivity contribution in [1.29, 1.82) is 0 Å². The lowest BCUT2D eigenvalue weighted by atomic mass is 10.0. The molecule has 0 spiro atoms. The van der Waals surface area contributed by atoms with Crippen LogP contribution in [-0.4, -0.2) is 30.8 Å². The minimum absolute atomic E-state index is 0.0268. The predicted octanol–water partition coefficient (Wildman–Crippen LogP) is 4.20. The van der Waals surface area contributed by atoms with Crippen molar-refractivity contribution < 1.29 is 14.8 Å². The van der Waals surface area contributed by atoms with Crippen LogP contribution in [0.25, 0.3) is 17.1 Å². The molecule has 0 fully saturated rings. The molecule has 1 N–H and O–H groups in total. The maximum absolute atomic E-state index is 11.8. The summed E-state index contributed by atoms with van der Waals surface area (Å²) in [6, 6.07) is 15.2. The van der Waals surface area contributed by atoms with E-state index in [1.807, 2.05) is 37.3 Å². The van der Waals surface area contributed by atoms with Crippen molar-refractivity contribution in [3.63, 3.8) is 0 Å². The van der Waals surface area contributed by atoms with Crippen LogP contribution in [0, 0.1) is 10.1 Å². The van der Waals surface area contributed by atoms with Crippen molar-refractivity contribution in [2.45, 2.75) is 32.1 Å². The zero-order valence-electron chi connectivity index (χ0n) is 15.4. The molecule has 0 aliphatic heterocycles. The van der Waals surface area contributed by atoms with Crippen molar-refractivity contribution in [3.8, 4) is 17.1 Å². The molecular weight excluding hydrogens is 360 g/mol. The number of non-ortho nitro benzene ring substituents is 1. The zero-order chi connectivity index (χ0) is 20.1. The maximum atomic E-state index is 11.8. The van der Waals surface area contributed by atoms with E-state index in [0.717, 1.165) is 18.5 Å². The number of para-hydroxylation sites is 1. The normalized spacial score (nSPS) is 11.9. The Labute approximate surface area is 161 Å². The summed E-state index contributed by atoms with van der Waals surface area (Å²) < 4.78 is 1.58. The lowest BCUT2D eigenvalue weighted by Crippen LogP contribution is -2.13. The molecule has 0 saturated heterocycles. The molecule has 0 bridgehead atoms. The smallest absolute Gasteiger partial charge is 0.314 e. The number of carboxylic acids is 1. The van der Waals surface area contributed by atoms with Crippen LogP contribution in [0.4, 0.5) is 5.69 Å². The first-order chi connectivity index (χ1) is 13.5. The predicted molar refractivity (Wildman–Crippen MR) is 103 cm³/mol. The number of nitro benzene ring substituents is 1. The largest absolute Gasteiger partial charge is 0.481 e. The third-order valence-corrected chi connectivity index (χ3v) is 4.42. The van der Waals surface area contributed by atoms with E-state index in [-0.39, 0.29) is 11.5 Å². The summed E-state index contributed by atoms with van der Waals surface area (Å²) in [5.74, 6) is -1.09. The Morgan fingerprint density at radius 1 is 1.18 bits per heavy atom. The van der Waals surface area contributed by atoms with Crippen LogP contribution in [-0.2, 0) is 4.79 Å². The van der Waals surface area contributed by atoms with Gasteiger partial charge in [0.2, 0.25) is 0 Å². The Bertz CT molecular complexity index is 968. The number of nitro groups is 1. The first kappa shape index (κ1) is 19.2. The van der Waals surface area contributed by atoms with Crippen LogP contribution in [0.3, 0.4) is 0 Å². The van der Waals surface area contributed by atoms with E-state index in [4.69, 9.17) is 0 Å². The number of aromatic nitrogens is 3. The van der Waals surface area contributed by atoms with Gasteiger partial charge in [-0.2, -0.15) is 0 Å². The number of hydrogen-bond acceptors (Lipinski definition) is 5. The van der Waals surface area contributed by atoms with Gasteiger partial charge in [0, 0.05) is 17.7 Å². The minimum atomic E-state index is -0.964. The number of rotatable bonds is 8. The molecule has 1 aromatic heterocycles. The first-order valence-corrected chi connectivity index (χ1v) is 9.01.